The summed E-state index contributed by atoms with van der Waals surface area (Å²) in [5.41, 5.74) is 4.30. The van der Waals surface area contributed by atoms with E-state index in [1.54, 1.807) is 0 Å². The number of anilines is 1. The quantitative estimate of drug-likeness (QED) is 0.0249. The van der Waals surface area contributed by atoms with Crippen LogP contribution in [0.15, 0.2) is 12.7 Å². The van der Waals surface area contributed by atoms with Crippen LogP contribution < -0.4 is 16.4 Å². The molecule has 62 heavy (non-hydrogen) atoms. The summed E-state index contributed by atoms with van der Waals surface area (Å²) < 4.78 is 61.7. The van der Waals surface area contributed by atoms with Crippen molar-refractivity contribution in [2.75, 3.05) is 37.8 Å². The second-order valence-electron chi connectivity index (χ2n) is 14.9. The van der Waals surface area contributed by atoms with Crippen molar-refractivity contribution in [3.8, 4) is 0 Å². The van der Waals surface area contributed by atoms with Crippen LogP contribution in [0, 0.1) is 5.41 Å². The lowest BCUT2D eigenvalue weighted by Gasteiger charge is -2.30. The van der Waals surface area contributed by atoms with Gasteiger partial charge in [0.25, 0.3) is 0 Å². The first kappa shape index (κ1) is 55.9. The second-order valence-corrected chi connectivity index (χ2v) is 19.6. The average molecular weight is 970 g/mol. The fourth-order valence-corrected chi connectivity index (χ4v) is 8.71. The predicted octanol–water partition coefficient (Wildman–Crippen LogP) is 1.55. The molecular weight excluding hydrogens is 907 g/mol. The van der Waals surface area contributed by atoms with E-state index in [1.165, 1.54) is 58.8 Å². The summed E-state index contributed by atoms with van der Waals surface area (Å²) in [6.45, 7) is 2.96. The molecule has 0 aliphatic carbocycles. The summed E-state index contributed by atoms with van der Waals surface area (Å²) in [6, 6.07) is 0. The number of fused-ring (bicyclic) bond motifs is 1. The topological polar surface area (TPSA) is 387 Å². The Hall–Kier alpha value is -2.19. The number of phosphoric acid groups is 3. The standard InChI is InChI=1S/C21H36N7O16P3S.C12H26O2/c1-21(2,16(31)19(32)24-4-3-12(29)23-5-6-48)8-41-47(38,39)44-46(36,37)40-7-11-15(43-45(33,34)35)14(30)20(42-11)28-10-27-13-17(22)25-9-26-18(13)28;1-2-3-4-5-6-7-8-9-10-11-12(13)14/h9-11,14-16,20,30-31,48H,3-8H2,1-2H3,(H,23,29)(H,24,32)(H,36,37)(H,38,39)(H2,22,25,26)(H2,33,34,35);12-14H,2-11H2,1H3/t11-,14-,15-,16+,20-;/m1./s1. The lowest BCUT2D eigenvalue weighted by atomic mass is 9.87. The predicted molar refractivity (Wildman–Crippen MR) is 224 cm³/mol. The van der Waals surface area contributed by atoms with Crippen molar-refractivity contribution >= 4 is 64.9 Å². The van der Waals surface area contributed by atoms with Crippen LogP contribution in [0.3, 0.4) is 0 Å². The van der Waals surface area contributed by atoms with E-state index in [4.69, 9.17) is 29.7 Å². The SMILES string of the molecule is CC(C)(COP(=O)(O)OP(=O)(O)OC[C@H]1O[C@@H](n2cnc3c(N)ncnc32)[C@H](O)[C@@H]1OP(=O)(O)O)[C@@H](O)C(=O)NCCC(=O)NCCS.CCCCCCCCCCCC(O)O. The minimum atomic E-state index is -5.54. The van der Waals surface area contributed by atoms with E-state index in [2.05, 4.69) is 54.0 Å². The van der Waals surface area contributed by atoms with Gasteiger partial charge in [-0.05, 0) is 12.8 Å². The molecule has 0 radical (unpaired) electrons. The number of thiol groups is 1. The van der Waals surface area contributed by atoms with E-state index in [0.29, 0.717) is 18.7 Å². The highest BCUT2D eigenvalue weighted by atomic mass is 32.1. The average Bonchev–Trinajstić information content (AvgIpc) is 3.74. The maximum absolute atomic E-state index is 12.6. The van der Waals surface area contributed by atoms with Gasteiger partial charge in [-0.2, -0.15) is 16.9 Å². The summed E-state index contributed by atoms with van der Waals surface area (Å²) in [7, 11) is -16.3. The molecule has 3 rings (SSSR count). The van der Waals surface area contributed by atoms with Crippen molar-refractivity contribution in [1.29, 1.82) is 0 Å². The molecule has 29 heteroatoms. The monoisotopic (exact) mass is 969 g/mol. The number of unbranched alkanes of at least 4 members (excludes halogenated alkanes) is 8. The Morgan fingerprint density at radius 3 is 2.15 bits per heavy atom. The number of nitrogen functional groups attached to an aromatic ring is 1. The zero-order chi connectivity index (χ0) is 46.7. The number of imidazole rings is 1. The molecule has 2 unspecified atom stereocenters. The van der Waals surface area contributed by atoms with Crippen LogP contribution in [0.2, 0.25) is 0 Å². The van der Waals surface area contributed by atoms with E-state index < -0.39 is 84.9 Å². The molecule has 0 aromatic carbocycles. The fraction of sp³-hybridized carbons (Fsp3) is 0.788. The number of nitrogens with zero attached hydrogens (tertiary/aromatic N) is 4. The molecule has 1 fully saturated rings. The maximum atomic E-state index is 12.6. The molecule has 3 heterocycles. The van der Waals surface area contributed by atoms with Crippen molar-refractivity contribution in [1.82, 2.24) is 30.2 Å². The largest absolute Gasteiger partial charge is 0.481 e. The van der Waals surface area contributed by atoms with Gasteiger partial charge in [0.05, 0.1) is 19.5 Å². The number of rotatable bonds is 28. The van der Waals surface area contributed by atoms with E-state index in [-0.39, 0.29) is 35.9 Å². The number of nitrogens with two attached hydrogens (primary N) is 1. The molecule has 12 N–H and O–H groups in total. The number of hydrogen-bond donors (Lipinski definition) is 12. The first-order chi connectivity index (χ1) is 28.9. The molecule has 0 bridgehead atoms. The van der Waals surface area contributed by atoms with E-state index in [1.807, 2.05) is 0 Å². The third-order valence-corrected chi connectivity index (χ3v) is 12.4. The summed E-state index contributed by atoms with van der Waals surface area (Å²) in [5.74, 6) is -0.943. The van der Waals surface area contributed by atoms with Gasteiger partial charge in [0, 0.05) is 30.7 Å². The Labute approximate surface area is 364 Å². The minimum absolute atomic E-state index is 0.0363. The second kappa shape index (κ2) is 26.7. The number of carbonyl (C=O) groups is 2. The van der Waals surface area contributed by atoms with Crippen LogP contribution in [0.4, 0.5) is 5.82 Å². The normalized spacial score (nSPS) is 20.6. The smallest absolute Gasteiger partial charge is 0.386 e. The lowest BCUT2D eigenvalue weighted by Crippen LogP contribution is -2.46. The van der Waals surface area contributed by atoms with E-state index >= 15 is 0 Å². The van der Waals surface area contributed by atoms with Crippen molar-refractivity contribution in [2.45, 2.75) is 128 Å². The zero-order valence-electron chi connectivity index (χ0n) is 34.7. The number of hydrogen-bond acceptors (Lipinski definition) is 19. The summed E-state index contributed by atoms with van der Waals surface area (Å²) >= 11 is 3.95. The highest BCUT2D eigenvalue weighted by Gasteiger charge is 2.50. The number of carbonyl (C=O) groups excluding carboxylic acids is 2. The van der Waals surface area contributed by atoms with Crippen molar-refractivity contribution in [3.63, 3.8) is 0 Å². The minimum Gasteiger partial charge on any atom is -0.386 e. The number of aromatic nitrogens is 4. The van der Waals surface area contributed by atoms with Crippen LogP contribution >= 0.6 is 36.1 Å². The van der Waals surface area contributed by atoms with Crippen LogP contribution in [0.25, 0.3) is 11.2 Å². The fourth-order valence-electron chi connectivity index (χ4n) is 5.77. The van der Waals surface area contributed by atoms with Crippen LogP contribution in [0.5, 0.6) is 0 Å². The van der Waals surface area contributed by atoms with Gasteiger partial charge in [0.1, 0.15) is 36.3 Å². The first-order valence-corrected chi connectivity index (χ1v) is 24.9. The molecule has 2 aromatic rings. The Kier molecular flexibility index (Phi) is 24.1. The molecule has 2 aromatic heterocycles. The van der Waals surface area contributed by atoms with Gasteiger partial charge < -0.3 is 61.1 Å². The number of ether oxygens (including phenoxy) is 1. The Balaban J connectivity index is 0.000000807. The van der Waals surface area contributed by atoms with Gasteiger partial charge in [-0.25, -0.2) is 28.6 Å². The Morgan fingerprint density at radius 1 is 0.935 bits per heavy atom. The number of phosphoric ester groups is 3. The van der Waals surface area contributed by atoms with Crippen LogP contribution in [-0.2, 0) is 45.9 Å². The highest BCUT2D eigenvalue weighted by Crippen LogP contribution is 2.61. The molecule has 2 amide bonds. The summed E-state index contributed by atoms with van der Waals surface area (Å²) in [4.78, 5) is 74.6. The van der Waals surface area contributed by atoms with Crippen LogP contribution in [0.1, 0.15) is 97.6 Å². The number of amides is 2. The Morgan fingerprint density at radius 2 is 1.55 bits per heavy atom. The van der Waals surface area contributed by atoms with E-state index in [9.17, 15) is 53.1 Å². The Bertz CT molecular complexity index is 1820. The molecule has 358 valence electrons. The van der Waals surface area contributed by atoms with Gasteiger partial charge in [-0.3, -0.25) is 27.7 Å². The van der Waals surface area contributed by atoms with Crippen molar-refractivity contribution in [3.05, 3.63) is 12.7 Å². The third-order valence-electron chi connectivity index (χ3n) is 9.08. The van der Waals surface area contributed by atoms with Gasteiger partial charge in [0.15, 0.2) is 24.0 Å². The molecule has 1 aliphatic rings. The molecular formula is C33H62N7O18P3S. The number of aliphatic hydroxyl groups excluding tert-OH is 3. The lowest BCUT2D eigenvalue weighted by molar-refractivity contribution is -0.137. The van der Waals surface area contributed by atoms with Gasteiger partial charge >= 0.3 is 23.5 Å². The van der Waals surface area contributed by atoms with Crippen molar-refractivity contribution in [2.24, 2.45) is 5.41 Å². The summed E-state index contributed by atoms with van der Waals surface area (Å²) in [6.07, 6.45) is 4.14. The molecule has 0 spiro atoms. The first-order valence-electron chi connectivity index (χ1n) is 19.8. The molecule has 0 saturated carbocycles. The maximum Gasteiger partial charge on any atom is 0.481 e. The van der Waals surface area contributed by atoms with Crippen molar-refractivity contribution < 1.29 is 85.9 Å². The molecule has 1 aliphatic heterocycles. The number of nitrogens with one attached hydrogen (secondary N) is 2. The zero-order valence-corrected chi connectivity index (χ0v) is 38.3. The van der Waals surface area contributed by atoms with Crippen LogP contribution in [-0.4, -0.2) is 134 Å². The summed E-state index contributed by atoms with van der Waals surface area (Å²) in [5, 5.41) is 43.3. The number of aliphatic hydroxyl groups is 4. The molecule has 25 nitrogen and oxygen atoms in total. The third kappa shape index (κ3) is 20.3. The molecule has 1 saturated heterocycles. The van der Waals surface area contributed by atoms with Gasteiger partial charge in [0.2, 0.25) is 11.8 Å². The molecule has 7 atom stereocenters. The van der Waals surface area contributed by atoms with Gasteiger partial charge in [-0.15, -0.1) is 0 Å². The highest BCUT2D eigenvalue weighted by molar-refractivity contribution is 7.80. The van der Waals surface area contributed by atoms with E-state index in [0.717, 1.165) is 30.1 Å². The van der Waals surface area contributed by atoms with Gasteiger partial charge in [-0.1, -0.05) is 72.1 Å².